The summed E-state index contributed by atoms with van der Waals surface area (Å²) in [7, 11) is 0. The van der Waals surface area contributed by atoms with E-state index < -0.39 is 0 Å². The second kappa shape index (κ2) is 6.93. The number of amides is 1. The Balaban J connectivity index is 2.09. The van der Waals surface area contributed by atoms with Gasteiger partial charge in [-0.2, -0.15) is 5.26 Å². The molecular weight excluding hydrogens is 306 g/mol. The second-order valence-corrected chi connectivity index (χ2v) is 7.44. The van der Waals surface area contributed by atoms with Gasteiger partial charge in [0.1, 0.15) is 5.01 Å². The van der Waals surface area contributed by atoms with E-state index in [9.17, 15) is 4.79 Å². The van der Waals surface area contributed by atoms with Gasteiger partial charge < -0.3 is 5.32 Å². The number of thiazole rings is 1. The molecule has 0 aliphatic rings. The zero-order valence-corrected chi connectivity index (χ0v) is 14.7. The number of nitriles is 1. The highest BCUT2D eigenvalue weighted by Gasteiger charge is 2.20. The van der Waals surface area contributed by atoms with Gasteiger partial charge in [0.15, 0.2) is 0 Å². The molecule has 0 fully saturated rings. The lowest BCUT2D eigenvalue weighted by Crippen LogP contribution is -2.26. The van der Waals surface area contributed by atoms with Gasteiger partial charge in [0.2, 0.25) is 0 Å². The van der Waals surface area contributed by atoms with Crippen molar-refractivity contribution in [3.05, 3.63) is 51.5 Å². The summed E-state index contributed by atoms with van der Waals surface area (Å²) in [5.41, 5.74) is 2.45. The highest BCUT2D eigenvalue weighted by molar-refractivity contribution is 7.09. The Morgan fingerprint density at radius 2 is 2.17 bits per heavy atom. The minimum atomic E-state index is -0.150. The van der Waals surface area contributed by atoms with Crippen molar-refractivity contribution in [2.45, 2.75) is 45.6 Å². The molecule has 1 aromatic heterocycles. The molecule has 1 unspecified atom stereocenters. The zero-order valence-electron chi connectivity index (χ0n) is 13.9. The van der Waals surface area contributed by atoms with Crippen LogP contribution in [0.25, 0.3) is 0 Å². The maximum absolute atomic E-state index is 12.4. The van der Waals surface area contributed by atoms with Crippen LogP contribution in [-0.2, 0) is 11.8 Å². The van der Waals surface area contributed by atoms with E-state index in [4.69, 9.17) is 5.26 Å². The van der Waals surface area contributed by atoms with E-state index in [1.165, 1.54) is 0 Å². The molecular formula is C18H21N3OS. The third-order valence-electron chi connectivity index (χ3n) is 3.48. The van der Waals surface area contributed by atoms with Gasteiger partial charge in [0.05, 0.1) is 24.2 Å². The molecule has 0 saturated heterocycles. The third-order valence-corrected chi connectivity index (χ3v) is 4.51. The van der Waals surface area contributed by atoms with E-state index in [1.54, 1.807) is 29.5 Å². The number of benzene rings is 1. The summed E-state index contributed by atoms with van der Waals surface area (Å²) in [5, 5.41) is 14.7. The molecule has 5 heteroatoms. The maximum Gasteiger partial charge on any atom is 0.251 e. The lowest BCUT2D eigenvalue weighted by molar-refractivity contribution is 0.0939. The fourth-order valence-electron chi connectivity index (χ4n) is 2.09. The Bertz CT molecular complexity index is 737. The number of nitrogens with zero attached hydrogens (tertiary/aromatic N) is 2. The van der Waals surface area contributed by atoms with Crippen molar-refractivity contribution in [2.24, 2.45) is 0 Å². The van der Waals surface area contributed by atoms with E-state index in [1.807, 2.05) is 18.4 Å². The molecule has 0 bridgehead atoms. The Hall–Kier alpha value is -2.19. The molecule has 120 valence electrons. The Kier molecular flexibility index (Phi) is 5.17. The summed E-state index contributed by atoms with van der Waals surface area (Å²) >= 11 is 1.56. The predicted molar refractivity (Wildman–Crippen MR) is 92.5 cm³/mol. The SMILES string of the molecule is CC(NC(=O)c1cccc(CC#N)c1)c1nc(C(C)(C)C)cs1. The maximum atomic E-state index is 12.4. The fraction of sp³-hybridized carbons (Fsp3) is 0.389. The minimum Gasteiger partial charge on any atom is -0.343 e. The van der Waals surface area contributed by atoms with Gasteiger partial charge in [0, 0.05) is 16.4 Å². The highest BCUT2D eigenvalue weighted by Crippen LogP contribution is 2.26. The average Bonchev–Trinajstić information content (AvgIpc) is 2.98. The molecule has 1 atom stereocenters. The van der Waals surface area contributed by atoms with Crippen LogP contribution < -0.4 is 5.32 Å². The molecule has 0 spiro atoms. The van der Waals surface area contributed by atoms with Crippen LogP contribution >= 0.6 is 11.3 Å². The number of carbonyl (C=O) groups is 1. The van der Waals surface area contributed by atoms with Gasteiger partial charge in [-0.05, 0) is 24.6 Å². The Morgan fingerprint density at radius 3 is 2.78 bits per heavy atom. The molecule has 2 rings (SSSR count). The van der Waals surface area contributed by atoms with Crippen molar-refractivity contribution >= 4 is 17.2 Å². The van der Waals surface area contributed by atoms with Crippen LogP contribution in [0.1, 0.15) is 60.4 Å². The topological polar surface area (TPSA) is 65.8 Å². The van der Waals surface area contributed by atoms with E-state index in [2.05, 4.69) is 37.1 Å². The monoisotopic (exact) mass is 327 g/mol. The highest BCUT2D eigenvalue weighted by atomic mass is 32.1. The van der Waals surface area contributed by atoms with Crippen LogP contribution in [0.2, 0.25) is 0 Å². The summed E-state index contributed by atoms with van der Waals surface area (Å²) in [6.07, 6.45) is 0.304. The van der Waals surface area contributed by atoms with Crippen LogP contribution in [0.3, 0.4) is 0 Å². The quantitative estimate of drug-likeness (QED) is 0.923. The van der Waals surface area contributed by atoms with Crippen molar-refractivity contribution in [1.82, 2.24) is 10.3 Å². The number of hydrogen-bond donors (Lipinski definition) is 1. The molecule has 0 saturated carbocycles. The molecule has 2 aromatic rings. The van der Waals surface area contributed by atoms with E-state index in [0.717, 1.165) is 16.3 Å². The van der Waals surface area contributed by atoms with Gasteiger partial charge >= 0.3 is 0 Å². The first-order valence-corrected chi connectivity index (χ1v) is 8.42. The normalized spacial score (nSPS) is 12.5. The Labute approximate surface area is 141 Å². The molecule has 0 radical (unpaired) electrons. The second-order valence-electron chi connectivity index (χ2n) is 6.55. The van der Waals surface area contributed by atoms with Crippen LogP contribution in [0, 0.1) is 11.3 Å². The smallest absolute Gasteiger partial charge is 0.251 e. The largest absolute Gasteiger partial charge is 0.343 e. The zero-order chi connectivity index (χ0) is 17.0. The number of nitrogens with one attached hydrogen (secondary N) is 1. The van der Waals surface area contributed by atoms with Crippen molar-refractivity contribution in [3.63, 3.8) is 0 Å². The lowest BCUT2D eigenvalue weighted by Gasteiger charge is -2.15. The van der Waals surface area contributed by atoms with Crippen LogP contribution in [0.5, 0.6) is 0 Å². The minimum absolute atomic E-state index is 0.00407. The molecule has 1 aromatic carbocycles. The standard InChI is InChI=1S/C18H21N3OS/c1-12(17-21-15(11-23-17)18(2,3)4)20-16(22)14-7-5-6-13(10-14)8-9-19/h5-7,10-12H,8H2,1-4H3,(H,20,22). The summed E-state index contributed by atoms with van der Waals surface area (Å²) in [5.74, 6) is -0.148. The first kappa shape index (κ1) is 17.2. The molecule has 1 N–H and O–H groups in total. The summed E-state index contributed by atoms with van der Waals surface area (Å²) in [6, 6.07) is 9.10. The lowest BCUT2D eigenvalue weighted by atomic mass is 9.93. The van der Waals surface area contributed by atoms with Crippen LogP contribution in [-0.4, -0.2) is 10.9 Å². The van der Waals surface area contributed by atoms with Gasteiger partial charge in [-0.3, -0.25) is 4.79 Å². The summed E-state index contributed by atoms with van der Waals surface area (Å²) < 4.78 is 0. The first-order chi connectivity index (χ1) is 10.8. The number of hydrogen-bond acceptors (Lipinski definition) is 4. The van der Waals surface area contributed by atoms with Gasteiger partial charge in [-0.1, -0.05) is 32.9 Å². The van der Waals surface area contributed by atoms with Gasteiger partial charge in [-0.25, -0.2) is 4.98 Å². The predicted octanol–water partition coefficient (Wildman–Crippen LogP) is 4.00. The van der Waals surface area contributed by atoms with E-state index in [-0.39, 0.29) is 17.4 Å². The molecule has 4 nitrogen and oxygen atoms in total. The molecule has 0 aliphatic heterocycles. The average molecular weight is 327 g/mol. The summed E-state index contributed by atoms with van der Waals surface area (Å²) in [6.45, 7) is 8.30. The van der Waals surface area contributed by atoms with E-state index >= 15 is 0 Å². The van der Waals surface area contributed by atoms with Crippen molar-refractivity contribution in [3.8, 4) is 6.07 Å². The number of rotatable bonds is 4. The van der Waals surface area contributed by atoms with Gasteiger partial charge in [-0.15, -0.1) is 11.3 Å². The van der Waals surface area contributed by atoms with Gasteiger partial charge in [0.25, 0.3) is 5.91 Å². The molecule has 0 aliphatic carbocycles. The van der Waals surface area contributed by atoms with Crippen molar-refractivity contribution in [1.29, 1.82) is 5.26 Å². The van der Waals surface area contributed by atoms with Crippen LogP contribution in [0.4, 0.5) is 0 Å². The molecule has 1 heterocycles. The third kappa shape index (κ3) is 4.40. The van der Waals surface area contributed by atoms with Crippen molar-refractivity contribution in [2.75, 3.05) is 0 Å². The number of aromatic nitrogens is 1. The van der Waals surface area contributed by atoms with Crippen LogP contribution in [0.15, 0.2) is 29.6 Å². The first-order valence-electron chi connectivity index (χ1n) is 7.54. The molecule has 23 heavy (non-hydrogen) atoms. The summed E-state index contributed by atoms with van der Waals surface area (Å²) in [4.78, 5) is 17.0. The van der Waals surface area contributed by atoms with Crippen molar-refractivity contribution < 1.29 is 4.79 Å². The Morgan fingerprint density at radius 1 is 1.43 bits per heavy atom. The van der Waals surface area contributed by atoms with E-state index in [0.29, 0.717) is 12.0 Å². The fourth-order valence-corrected chi connectivity index (χ4v) is 3.14. The molecule has 1 amide bonds. The number of carbonyl (C=O) groups excluding carboxylic acids is 1.